The second kappa shape index (κ2) is 13.3. The lowest BCUT2D eigenvalue weighted by Gasteiger charge is -2.34. The smallest absolute Gasteiger partial charge is 0.140 e. The molecule has 0 unspecified atom stereocenters. The fourth-order valence-corrected chi connectivity index (χ4v) is 11.4. The first-order chi connectivity index (χ1) is 31.8. The molecule has 0 saturated heterocycles. The van der Waals surface area contributed by atoms with Crippen LogP contribution in [-0.2, 0) is 5.41 Å². The van der Waals surface area contributed by atoms with Crippen molar-refractivity contribution in [2.45, 2.75) is 5.41 Å². The molecule has 1 aliphatic carbocycles. The maximum absolute atomic E-state index is 5.50. The summed E-state index contributed by atoms with van der Waals surface area (Å²) in [6.07, 6.45) is 0. The van der Waals surface area contributed by atoms with Crippen LogP contribution >= 0.6 is 0 Å². The zero-order valence-electron chi connectivity index (χ0n) is 34.7. The largest absolute Gasteiger partial charge is 0.309 e. The minimum Gasteiger partial charge on any atom is -0.309 e. The van der Waals surface area contributed by atoms with Gasteiger partial charge < -0.3 is 4.57 Å². The van der Waals surface area contributed by atoms with E-state index in [1.165, 1.54) is 82.4 Å². The van der Waals surface area contributed by atoms with E-state index in [-0.39, 0.29) is 0 Å². The lowest BCUT2D eigenvalue weighted by molar-refractivity contribution is 0.768. The third-order valence-electron chi connectivity index (χ3n) is 13.9. The van der Waals surface area contributed by atoms with Crippen molar-refractivity contribution in [2.24, 2.45) is 0 Å². The summed E-state index contributed by atoms with van der Waals surface area (Å²) in [5.74, 6) is 1.77. The molecule has 64 heavy (non-hydrogen) atoms. The predicted octanol–water partition coefficient (Wildman–Crippen LogP) is 14.7. The Hall–Kier alpha value is -8.47. The number of hydrogen-bond acceptors (Lipinski definition) is 1. The summed E-state index contributed by atoms with van der Waals surface area (Å²) in [5.41, 5.74) is 15.2. The van der Waals surface area contributed by atoms with E-state index in [9.17, 15) is 0 Å². The van der Waals surface area contributed by atoms with E-state index in [4.69, 9.17) is 4.98 Å². The summed E-state index contributed by atoms with van der Waals surface area (Å²) in [5, 5.41) is 7.23. The van der Waals surface area contributed by atoms with Crippen molar-refractivity contribution < 1.29 is 0 Å². The van der Waals surface area contributed by atoms with Crippen LogP contribution in [0.5, 0.6) is 0 Å². The van der Waals surface area contributed by atoms with Crippen LogP contribution in [0.3, 0.4) is 0 Å². The van der Waals surface area contributed by atoms with Crippen LogP contribution in [0.2, 0.25) is 0 Å². The topological polar surface area (TPSA) is 27.7 Å². The molecular weight excluding hydrogens is 777 g/mol. The summed E-state index contributed by atoms with van der Waals surface area (Å²) in [6.45, 7) is 0. The van der Waals surface area contributed by atoms with Crippen LogP contribution < -0.4 is 0 Å². The first-order valence-corrected chi connectivity index (χ1v) is 22.1. The molecule has 4 heterocycles. The number of para-hydroxylation sites is 4. The quantitative estimate of drug-likeness (QED) is 0.170. The molecule has 298 valence electrons. The number of fused-ring (bicyclic) bond motifs is 12. The zero-order chi connectivity index (χ0) is 41.9. The Morgan fingerprint density at radius 1 is 0.297 bits per heavy atom. The highest BCUT2D eigenvalue weighted by atomic mass is 15.1. The molecule has 0 saturated carbocycles. The van der Waals surface area contributed by atoms with E-state index < -0.39 is 5.41 Å². The Morgan fingerprint density at radius 2 is 0.703 bits per heavy atom. The zero-order valence-corrected chi connectivity index (χ0v) is 34.7. The first kappa shape index (κ1) is 35.2. The highest BCUT2D eigenvalue weighted by Crippen LogP contribution is 2.58. The molecule has 14 rings (SSSR count). The van der Waals surface area contributed by atoms with Gasteiger partial charge in [-0.15, -0.1) is 0 Å². The summed E-state index contributed by atoms with van der Waals surface area (Å²) < 4.78 is 7.19. The van der Waals surface area contributed by atoms with E-state index in [2.05, 4.69) is 244 Å². The summed E-state index contributed by atoms with van der Waals surface area (Å²) in [6, 6.07) is 84.4. The highest BCUT2D eigenvalue weighted by molar-refractivity contribution is 6.19. The molecule has 4 nitrogen and oxygen atoms in total. The average Bonchev–Trinajstić information content (AvgIpc) is 4.08. The fraction of sp³-hybridized carbons (Fsp3) is 0.0167. The average molecular weight is 815 g/mol. The van der Waals surface area contributed by atoms with Crippen LogP contribution in [0, 0.1) is 0 Å². The van der Waals surface area contributed by atoms with Crippen molar-refractivity contribution in [2.75, 3.05) is 0 Å². The van der Waals surface area contributed by atoms with Gasteiger partial charge in [-0.3, -0.25) is 9.13 Å². The van der Waals surface area contributed by atoms with Gasteiger partial charge in [0.2, 0.25) is 0 Å². The van der Waals surface area contributed by atoms with Crippen LogP contribution in [0.1, 0.15) is 22.3 Å². The molecular formula is C60H38N4. The normalized spacial score (nSPS) is 13.1. The van der Waals surface area contributed by atoms with Gasteiger partial charge in [-0.1, -0.05) is 176 Å². The lowest BCUT2D eigenvalue weighted by Crippen LogP contribution is -2.28. The SMILES string of the molecule is c1ccc(C2(c3ccccc3)c3ccccc3-c3c(-n4c5ccccc5c5cc6c(cc54)c4ccccc4n6-c4cccc(-n5c6ccccc6c6ccccc65)n4)cccc32)cc1. The van der Waals surface area contributed by atoms with Gasteiger partial charge in [-0.05, 0) is 82.4 Å². The third kappa shape index (κ3) is 4.63. The first-order valence-electron chi connectivity index (χ1n) is 22.1. The number of hydrogen-bond donors (Lipinski definition) is 0. The van der Waals surface area contributed by atoms with Crippen molar-refractivity contribution in [3.05, 3.63) is 253 Å². The molecule has 4 aromatic heterocycles. The Morgan fingerprint density at radius 3 is 1.27 bits per heavy atom. The Labute approximate surface area is 369 Å². The number of nitrogens with zero attached hydrogens (tertiary/aromatic N) is 4. The number of pyridine rings is 1. The lowest BCUT2D eigenvalue weighted by atomic mass is 9.68. The maximum Gasteiger partial charge on any atom is 0.140 e. The molecule has 13 aromatic rings. The van der Waals surface area contributed by atoms with E-state index in [1.54, 1.807) is 0 Å². The van der Waals surface area contributed by atoms with Gasteiger partial charge >= 0.3 is 0 Å². The molecule has 9 aromatic carbocycles. The van der Waals surface area contributed by atoms with Crippen LogP contribution in [0.25, 0.3) is 93.9 Å². The molecule has 4 heteroatoms. The van der Waals surface area contributed by atoms with Gasteiger partial charge in [0, 0.05) is 37.9 Å². The number of benzene rings is 9. The molecule has 0 atom stereocenters. The Bertz CT molecular complexity index is 3930. The predicted molar refractivity (Wildman–Crippen MR) is 265 cm³/mol. The van der Waals surface area contributed by atoms with Crippen molar-refractivity contribution in [1.29, 1.82) is 0 Å². The molecule has 0 bridgehead atoms. The van der Waals surface area contributed by atoms with Gasteiger partial charge in [0.15, 0.2) is 0 Å². The summed E-state index contributed by atoms with van der Waals surface area (Å²) in [4.78, 5) is 5.50. The molecule has 0 spiro atoms. The molecule has 0 N–H and O–H groups in total. The minimum absolute atomic E-state index is 0.495. The van der Waals surface area contributed by atoms with Crippen molar-refractivity contribution in [3.8, 4) is 28.5 Å². The summed E-state index contributed by atoms with van der Waals surface area (Å²) in [7, 11) is 0. The van der Waals surface area contributed by atoms with E-state index in [0.717, 1.165) is 33.7 Å². The van der Waals surface area contributed by atoms with Crippen molar-refractivity contribution in [1.82, 2.24) is 18.7 Å². The van der Waals surface area contributed by atoms with Gasteiger partial charge in [0.05, 0.1) is 44.2 Å². The number of rotatable bonds is 5. The van der Waals surface area contributed by atoms with Crippen LogP contribution in [0.15, 0.2) is 231 Å². The molecule has 1 aliphatic rings. The Kier molecular flexibility index (Phi) is 7.29. The fourth-order valence-electron chi connectivity index (χ4n) is 11.4. The molecule has 0 radical (unpaired) electrons. The minimum atomic E-state index is -0.495. The monoisotopic (exact) mass is 814 g/mol. The second-order valence-corrected chi connectivity index (χ2v) is 17.0. The Balaban J connectivity index is 1.05. The highest BCUT2D eigenvalue weighted by Gasteiger charge is 2.47. The van der Waals surface area contributed by atoms with E-state index >= 15 is 0 Å². The van der Waals surface area contributed by atoms with Gasteiger partial charge in [0.25, 0.3) is 0 Å². The van der Waals surface area contributed by atoms with Crippen LogP contribution in [-0.4, -0.2) is 18.7 Å². The van der Waals surface area contributed by atoms with Gasteiger partial charge in [0.1, 0.15) is 11.6 Å². The number of aromatic nitrogens is 4. The van der Waals surface area contributed by atoms with Gasteiger partial charge in [-0.25, -0.2) is 4.98 Å². The molecule has 0 fully saturated rings. The standard InChI is InChI=1S/C60H38N4/c1-3-19-39(20-4-1)60(40-21-5-2-6-22-40)48-28-12-7-27-45(48)59-49(60)29-17-34-54(59)62-50-30-13-10-25-43(50)46-38-56-47(37-55(46)62)44-26-11-16-33-53(44)64(56)58-36-18-35-57(61-58)63-51-31-14-8-23-41(51)42-24-9-15-32-52(42)63/h1-38H. The second-order valence-electron chi connectivity index (χ2n) is 17.0. The third-order valence-corrected chi connectivity index (χ3v) is 13.9. The molecule has 0 aliphatic heterocycles. The van der Waals surface area contributed by atoms with Crippen LogP contribution in [0.4, 0.5) is 0 Å². The van der Waals surface area contributed by atoms with E-state index in [0.29, 0.717) is 0 Å². The summed E-state index contributed by atoms with van der Waals surface area (Å²) >= 11 is 0. The van der Waals surface area contributed by atoms with E-state index in [1.807, 2.05) is 0 Å². The maximum atomic E-state index is 5.50. The van der Waals surface area contributed by atoms with Gasteiger partial charge in [-0.2, -0.15) is 0 Å². The van der Waals surface area contributed by atoms with Crippen molar-refractivity contribution in [3.63, 3.8) is 0 Å². The molecule has 0 amide bonds. The van der Waals surface area contributed by atoms with Crippen molar-refractivity contribution >= 4 is 65.4 Å².